The van der Waals surface area contributed by atoms with E-state index in [-0.39, 0.29) is 0 Å². The quantitative estimate of drug-likeness (QED) is 0.808. The highest BCUT2D eigenvalue weighted by atomic mass is 35.5. The predicted octanol–water partition coefficient (Wildman–Crippen LogP) is 3.02. The van der Waals surface area contributed by atoms with Crippen LogP contribution in [0.5, 0.6) is 5.75 Å². The molecule has 0 saturated carbocycles. The molecule has 0 atom stereocenters. The summed E-state index contributed by atoms with van der Waals surface area (Å²) in [4.78, 5) is 11.0. The van der Waals surface area contributed by atoms with Crippen molar-refractivity contribution >= 4 is 17.9 Å². The third-order valence-electron chi connectivity index (χ3n) is 3.12. The van der Waals surface area contributed by atoms with Gasteiger partial charge in [-0.1, -0.05) is 11.6 Å². The van der Waals surface area contributed by atoms with E-state index < -0.39 is 0 Å². The van der Waals surface area contributed by atoms with Crippen LogP contribution in [0.2, 0.25) is 5.02 Å². The van der Waals surface area contributed by atoms with E-state index in [0.717, 1.165) is 29.0 Å². The van der Waals surface area contributed by atoms with Crippen molar-refractivity contribution < 1.29 is 9.53 Å². The Kier molecular flexibility index (Phi) is 3.90. The van der Waals surface area contributed by atoms with Gasteiger partial charge in [0.2, 0.25) is 0 Å². The molecule has 100 valence electrons. The van der Waals surface area contributed by atoms with E-state index in [4.69, 9.17) is 16.3 Å². The fourth-order valence-corrected chi connectivity index (χ4v) is 2.26. The minimum Gasteiger partial charge on any atom is -0.496 e. The first kappa shape index (κ1) is 13.6. The highest BCUT2D eigenvalue weighted by Gasteiger charge is 2.12. The van der Waals surface area contributed by atoms with Gasteiger partial charge in [-0.3, -0.25) is 9.48 Å². The number of carbonyl (C=O) groups is 1. The molecule has 1 aromatic heterocycles. The van der Waals surface area contributed by atoms with E-state index in [9.17, 15) is 4.79 Å². The first-order chi connectivity index (χ1) is 9.06. The van der Waals surface area contributed by atoms with Gasteiger partial charge < -0.3 is 4.74 Å². The topological polar surface area (TPSA) is 44.1 Å². The minimum atomic E-state index is 0.518. The number of halogens is 1. The second-order valence-corrected chi connectivity index (χ2v) is 4.75. The summed E-state index contributed by atoms with van der Waals surface area (Å²) in [5.41, 5.74) is 3.14. The van der Waals surface area contributed by atoms with E-state index in [1.165, 1.54) is 0 Å². The molecule has 0 N–H and O–H groups in total. The van der Waals surface area contributed by atoms with Crippen LogP contribution in [0.1, 0.15) is 27.3 Å². The van der Waals surface area contributed by atoms with Gasteiger partial charge in [-0.25, -0.2) is 0 Å². The normalized spacial score (nSPS) is 10.5. The molecule has 0 aliphatic heterocycles. The van der Waals surface area contributed by atoms with Gasteiger partial charge in [0, 0.05) is 16.3 Å². The SMILES string of the molecule is COc1ccc(Cl)cc1Cn1nc(C)c(C=O)c1C. The first-order valence-corrected chi connectivity index (χ1v) is 6.26. The molecule has 19 heavy (non-hydrogen) atoms. The molecule has 0 aliphatic rings. The van der Waals surface area contributed by atoms with E-state index in [0.29, 0.717) is 17.1 Å². The Bertz CT molecular complexity index is 620. The zero-order valence-electron chi connectivity index (χ0n) is 11.1. The number of nitrogens with zero attached hydrogens (tertiary/aromatic N) is 2. The van der Waals surface area contributed by atoms with Gasteiger partial charge in [0.05, 0.1) is 24.9 Å². The van der Waals surface area contributed by atoms with Gasteiger partial charge in [-0.15, -0.1) is 0 Å². The van der Waals surface area contributed by atoms with Crippen molar-refractivity contribution in [1.29, 1.82) is 0 Å². The van der Waals surface area contributed by atoms with Crippen molar-refractivity contribution in [2.45, 2.75) is 20.4 Å². The minimum absolute atomic E-state index is 0.518. The molecular weight excluding hydrogens is 264 g/mol. The molecule has 0 saturated heterocycles. The summed E-state index contributed by atoms with van der Waals surface area (Å²) in [5, 5.41) is 5.01. The van der Waals surface area contributed by atoms with Crippen LogP contribution in [0.25, 0.3) is 0 Å². The Balaban J connectivity index is 2.41. The summed E-state index contributed by atoms with van der Waals surface area (Å²) in [6.45, 7) is 4.22. The van der Waals surface area contributed by atoms with Crippen molar-refractivity contribution in [2.75, 3.05) is 7.11 Å². The van der Waals surface area contributed by atoms with Crippen molar-refractivity contribution in [3.05, 3.63) is 45.7 Å². The lowest BCUT2D eigenvalue weighted by molar-refractivity contribution is 0.112. The number of aryl methyl sites for hydroxylation is 1. The van der Waals surface area contributed by atoms with Gasteiger partial charge in [0.25, 0.3) is 0 Å². The molecule has 0 radical (unpaired) electrons. The van der Waals surface area contributed by atoms with Gasteiger partial charge in [0.1, 0.15) is 5.75 Å². The van der Waals surface area contributed by atoms with Crippen LogP contribution in [0, 0.1) is 13.8 Å². The number of methoxy groups -OCH3 is 1. The summed E-state index contributed by atoms with van der Waals surface area (Å²) in [7, 11) is 1.62. The second kappa shape index (κ2) is 5.45. The molecule has 5 heteroatoms. The van der Waals surface area contributed by atoms with Crippen LogP contribution >= 0.6 is 11.6 Å². The maximum absolute atomic E-state index is 11.0. The van der Waals surface area contributed by atoms with Gasteiger partial charge in [-0.05, 0) is 32.0 Å². The monoisotopic (exact) mass is 278 g/mol. The van der Waals surface area contributed by atoms with Crippen LogP contribution in [0.3, 0.4) is 0 Å². The van der Waals surface area contributed by atoms with E-state index in [2.05, 4.69) is 5.10 Å². The number of hydrogen-bond acceptors (Lipinski definition) is 3. The largest absolute Gasteiger partial charge is 0.496 e. The Morgan fingerprint density at radius 3 is 2.74 bits per heavy atom. The average Bonchev–Trinajstić information content (AvgIpc) is 2.64. The Morgan fingerprint density at radius 2 is 2.16 bits per heavy atom. The molecule has 0 spiro atoms. The van der Waals surface area contributed by atoms with E-state index >= 15 is 0 Å². The highest BCUT2D eigenvalue weighted by Crippen LogP contribution is 2.24. The summed E-state index contributed by atoms with van der Waals surface area (Å²) < 4.78 is 7.09. The lowest BCUT2D eigenvalue weighted by atomic mass is 10.2. The summed E-state index contributed by atoms with van der Waals surface area (Å²) in [5.74, 6) is 0.754. The van der Waals surface area contributed by atoms with Crippen molar-refractivity contribution in [1.82, 2.24) is 9.78 Å². The van der Waals surface area contributed by atoms with Crippen LogP contribution in [0.4, 0.5) is 0 Å². The third-order valence-corrected chi connectivity index (χ3v) is 3.35. The average molecular weight is 279 g/mol. The van der Waals surface area contributed by atoms with Crippen molar-refractivity contribution in [3.8, 4) is 5.75 Å². The third kappa shape index (κ3) is 2.63. The van der Waals surface area contributed by atoms with Crippen LogP contribution < -0.4 is 4.74 Å². The Labute approximate surface area is 116 Å². The van der Waals surface area contributed by atoms with E-state index in [1.807, 2.05) is 26.0 Å². The first-order valence-electron chi connectivity index (χ1n) is 5.88. The number of aromatic nitrogens is 2. The van der Waals surface area contributed by atoms with Crippen LogP contribution in [-0.2, 0) is 6.54 Å². The van der Waals surface area contributed by atoms with Gasteiger partial charge in [0.15, 0.2) is 6.29 Å². The number of ether oxygens (including phenoxy) is 1. The summed E-state index contributed by atoms with van der Waals surface area (Å²) >= 11 is 6.00. The molecule has 1 heterocycles. The molecule has 0 fully saturated rings. The van der Waals surface area contributed by atoms with Crippen LogP contribution in [0.15, 0.2) is 18.2 Å². The number of rotatable bonds is 4. The summed E-state index contributed by atoms with van der Waals surface area (Å²) in [6.07, 6.45) is 0.837. The molecule has 4 nitrogen and oxygen atoms in total. The van der Waals surface area contributed by atoms with Crippen LogP contribution in [-0.4, -0.2) is 23.2 Å². The zero-order valence-corrected chi connectivity index (χ0v) is 11.9. The smallest absolute Gasteiger partial charge is 0.153 e. The van der Waals surface area contributed by atoms with E-state index in [1.54, 1.807) is 17.9 Å². The standard InChI is InChI=1S/C14H15ClN2O2/c1-9-13(8-18)10(2)17(16-9)7-11-6-12(15)4-5-14(11)19-3/h4-6,8H,7H2,1-3H3. The molecule has 0 aliphatic carbocycles. The van der Waals surface area contributed by atoms with Crippen molar-refractivity contribution in [3.63, 3.8) is 0 Å². The summed E-state index contributed by atoms with van der Waals surface area (Å²) in [6, 6.07) is 5.45. The predicted molar refractivity (Wildman–Crippen MR) is 74.2 cm³/mol. The number of aldehydes is 1. The molecule has 1 aromatic carbocycles. The number of carbonyl (C=O) groups excluding carboxylic acids is 1. The second-order valence-electron chi connectivity index (χ2n) is 4.32. The highest BCUT2D eigenvalue weighted by molar-refractivity contribution is 6.30. The van der Waals surface area contributed by atoms with Gasteiger partial charge in [-0.2, -0.15) is 5.10 Å². The number of hydrogen-bond donors (Lipinski definition) is 0. The number of benzene rings is 1. The lowest BCUT2D eigenvalue weighted by Crippen LogP contribution is -2.06. The molecular formula is C14H15ClN2O2. The van der Waals surface area contributed by atoms with Crippen molar-refractivity contribution in [2.24, 2.45) is 0 Å². The molecule has 2 rings (SSSR count). The molecule has 0 amide bonds. The maximum atomic E-state index is 11.0. The molecule has 0 bridgehead atoms. The fraction of sp³-hybridized carbons (Fsp3) is 0.286. The zero-order chi connectivity index (χ0) is 14.0. The molecule has 0 unspecified atom stereocenters. The Morgan fingerprint density at radius 1 is 1.42 bits per heavy atom. The molecule has 2 aromatic rings. The Hall–Kier alpha value is -1.81. The van der Waals surface area contributed by atoms with Gasteiger partial charge >= 0.3 is 0 Å². The maximum Gasteiger partial charge on any atom is 0.153 e. The lowest BCUT2D eigenvalue weighted by Gasteiger charge is -2.10. The fourth-order valence-electron chi connectivity index (χ4n) is 2.07.